The average Bonchev–Trinajstić information content (AvgIpc) is 2.49. The van der Waals surface area contributed by atoms with Gasteiger partial charge in [-0.15, -0.1) is 0 Å². The first-order valence-corrected chi connectivity index (χ1v) is 6.60. The van der Waals surface area contributed by atoms with Crippen LogP contribution in [0, 0.1) is 0 Å². The summed E-state index contributed by atoms with van der Waals surface area (Å²) < 4.78 is 10.7. The van der Waals surface area contributed by atoms with Gasteiger partial charge in [0.05, 0.1) is 6.61 Å². The van der Waals surface area contributed by atoms with Gasteiger partial charge in [-0.25, -0.2) is 4.99 Å². The van der Waals surface area contributed by atoms with Crippen LogP contribution in [0.25, 0.3) is 0 Å². The Kier molecular flexibility index (Phi) is 5.16. The molecule has 1 unspecified atom stereocenters. The van der Waals surface area contributed by atoms with E-state index in [0.29, 0.717) is 5.69 Å². The minimum Gasteiger partial charge on any atom is -0.460 e. The van der Waals surface area contributed by atoms with Crippen molar-refractivity contribution in [2.45, 2.75) is 30.7 Å². The number of benzene rings is 1. The van der Waals surface area contributed by atoms with Gasteiger partial charge >= 0.3 is 0 Å². The second kappa shape index (κ2) is 6.90. The molecule has 0 spiro atoms. The Bertz CT molecular complexity index is 534. The fourth-order valence-electron chi connectivity index (χ4n) is 2.08. The van der Waals surface area contributed by atoms with Gasteiger partial charge in [0.1, 0.15) is 35.9 Å². The summed E-state index contributed by atoms with van der Waals surface area (Å²) in [6.07, 6.45) is -6.84. The molecule has 0 aliphatic carbocycles. The molecule has 0 aromatic heterocycles. The van der Waals surface area contributed by atoms with Crippen molar-refractivity contribution in [2.75, 3.05) is 6.61 Å². The number of aliphatic imine (C=N–C) groups is 1. The number of para-hydroxylation sites is 2. The molecule has 5 atom stereocenters. The highest BCUT2D eigenvalue weighted by molar-refractivity contribution is 5.80. The smallest absolute Gasteiger partial charge is 0.229 e. The van der Waals surface area contributed by atoms with Crippen LogP contribution in [-0.2, 0) is 4.74 Å². The van der Waals surface area contributed by atoms with Gasteiger partial charge in [0.2, 0.25) is 6.29 Å². The summed E-state index contributed by atoms with van der Waals surface area (Å²) in [5.74, 6) is 0.0325. The molecule has 8 N–H and O–H groups in total. The van der Waals surface area contributed by atoms with Crippen molar-refractivity contribution >= 4 is 11.6 Å². The van der Waals surface area contributed by atoms with E-state index in [-0.39, 0.29) is 11.7 Å². The van der Waals surface area contributed by atoms with E-state index in [0.717, 1.165) is 0 Å². The molecule has 0 radical (unpaired) electrons. The van der Waals surface area contributed by atoms with E-state index in [2.05, 4.69) is 4.99 Å². The number of nitrogens with zero attached hydrogens (tertiary/aromatic N) is 1. The second-order valence-electron chi connectivity index (χ2n) is 4.82. The van der Waals surface area contributed by atoms with E-state index < -0.39 is 37.3 Å². The van der Waals surface area contributed by atoms with Crippen LogP contribution in [0.2, 0.25) is 0 Å². The molecule has 9 nitrogen and oxygen atoms in total. The summed E-state index contributed by atoms with van der Waals surface area (Å²) in [5.41, 5.74) is 11.0. The lowest BCUT2D eigenvalue weighted by atomic mass is 9.99. The topological polar surface area (TPSA) is 164 Å². The van der Waals surface area contributed by atoms with E-state index in [9.17, 15) is 15.3 Å². The number of ether oxygens (including phenoxy) is 2. The van der Waals surface area contributed by atoms with Crippen molar-refractivity contribution in [1.29, 1.82) is 0 Å². The van der Waals surface area contributed by atoms with Crippen molar-refractivity contribution in [3.05, 3.63) is 24.3 Å². The number of aliphatic hydroxyl groups excluding tert-OH is 4. The summed E-state index contributed by atoms with van der Waals surface area (Å²) in [6.45, 7) is -0.541. The third-order valence-corrected chi connectivity index (χ3v) is 3.21. The van der Waals surface area contributed by atoms with Crippen LogP contribution < -0.4 is 16.2 Å². The van der Waals surface area contributed by atoms with Gasteiger partial charge in [0.15, 0.2) is 5.96 Å². The maximum atomic E-state index is 9.93. The molecule has 1 heterocycles. The maximum absolute atomic E-state index is 9.93. The first-order chi connectivity index (χ1) is 10.4. The Hall–Kier alpha value is -1.91. The molecule has 9 heteroatoms. The molecule has 1 fully saturated rings. The van der Waals surface area contributed by atoms with E-state index in [4.69, 9.17) is 26.0 Å². The van der Waals surface area contributed by atoms with Gasteiger partial charge in [-0.2, -0.15) is 0 Å². The Labute approximate surface area is 126 Å². The average molecular weight is 313 g/mol. The SMILES string of the molecule is NC(N)=Nc1ccccc1OC1O[C@H](CO)[C@@H](O)[C@H](O)[C@H]1O. The normalized spacial score (nSPS) is 31.5. The maximum Gasteiger partial charge on any atom is 0.229 e. The number of hydrogen-bond donors (Lipinski definition) is 6. The molecule has 1 saturated heterocycles. The molecule has 1 aliphatic rings. The van der Waals surface area contributed by atoms with Crippen molar-refractivity contribution in [2.24, 2.45) is 16.5 Å². The lowest BCUT2D eigenvalue weighted by Crippen LogP contribution is -2.60. The first-order valence-electron chi connectivity index (χ1n) is 6.60. The number of nitrogens with two attached hydrogens (primary N) is 2. The van der Waals surface area contributed by atoms with Crippen LogP contribution in [0.5, 0.6) is 5.75 Å². The van der Waals surface area contributed by atoms with Gasteiger partial charge in [0, 0.05) is 0 Å². The second-order valence-corrected chi connectivity index (χ2v) is 4.82. The molecular formula is C13H19N3O6. The van der Waals surface area contributed by atoms with E-state index >= 15 is 0 Å². The highest BCUT2D eigenvalue weighted by Crippen LogP contribution is 2.30. The van der Waals surface area contributed by atoms with Crippen LogP contribution in [0.3, 0.4) is 0 Å². The molecular weight excluding hydrogens is 294 g/mol. The van der Waals surface area contributed by atoms with Crippen LogP contribution in [0.4, 0.5) is 5.69 Å². The summed E-state index contributed by atoms with van der Waals surface area (Å²) in [5, 5.41) is 38.5. The van der Waals surface area contributed by atoms with E-state index in [1.807, 2.05) is 0 Å². The van der Waals surface area contributed by atoms with Crippen LogP contribution in [0.15, 0.2) is 29.3 Å². The highest BCUT2D eigenvalue weighted by atomic mass is 16.7. The molecule has 1 aromatic carbocycles. The number of guanidine groups is 1. The molecule has 0 amide bonds. The monoisotopic (exact) mass is 313 g/mol. The Morgan fingerprint density at radius 3 is 2.45 bits per heavy atom. The number of rotatable bonds is 4. The van der Waals surface area contributed by atoms with Gasteiger partial charge in [-0.1, -0.05) is 12.1 Å². The Morgan fingerprint density at radius 2 is 1.82 bits per heavy atom. The molecule has 2 rings (SSSR count). The quantitative estimate of drug-likeness (QED) is 0.268. The van der Waals surface area contributed by atoms with Gasteiger partial charge in [0.25, 0.3) is 0 Å². The van der Waals surface area contributed by atoms with Crippen LogP contribution in [-0.4, -0.2) is 63.7 Å². The molecule has 1 aromatic rings. The zero-order valence-electron chi connectivity index (χ0n) is 11.6. The Morgan fingerprint density at radius 1 is 1.14 bits per heavy atom. The van der Waals surface area contributed by atoms with Crippen LogP contribution in [0.1, 0.15) is 0 Å². The zero-order valence-corrected chi connectivity index (χ0v) is 11.6. The van der Waals surface area contributed by atoms with Crippen molar-refractivity contribution in [3.8, 4) is 5.75 Å². The number of aliphatic hydroxyl groups is 4. The zero-order chi connectivity index (χ0) is 16.3. The van der Waals surface area contributed by atoms with Gasteiger partial charge in [-0.05, 0) is 12.1 Å². The minimum atomic E-state index is -1.52. The minimum absolute atomic E-state index is 0.176. The van der Waals surface area contributed by atoms with Crippen molar-refractivity contribution < 1.29 is 29.9 Å². The summed E-state index contributed by atoms with van der Waals surface area (Å²) in [4.78, 5) is 3.87. The molecule has 0 saturated carbocycles. The van der Waals surface area contributed by atoms with Crippen LogP contribution >= 0.6 is 0 Å². The van der Waals surface area contributed by atoms with Crippen molar-refractivity contribution in [3.63, 3.8) is 0 Å². The standard InChI is InChI=1S/C13H19N3O6/c14-13(15)16-6-3-1-2-4-7(6)21-12-11(20)10(19)9(18)8(5-17)22-12/h1-4,8-12,17-20H,5H2,(H4,14,15,16)/t8-,9-,10+,11-,12?/m1/s1. The predicted octanol–water partition coefficient (Wildman–Crippen LogP) is -2.23. The fraction of sp³-hybridized carbons (Fsp3) is 0.462. The lowest BCUT2D eigenvalue weighted by molar-refractivity contribution is -0.277. The summed E-state index contributed by atoms with van der Waals surface area (Å²) in [6, 6.07) is 6.47. The summed E-state index contributed by atoms with van der Waals surface area (Å²) >= 11 is 0. The molecule has 122 valence electrons. The number of hydrogen-bond acceptors (Lipinski definition) is 7. The Balaban J connectivity index is 2.21. The van der Waals surface area contributed by atoms with Gasteiger partial charge < -0.3 is 41.4 Å². The summed E-state index contributed by atoms with van der Waals surface area (Å²) in [7, 11) is 0. The highest BCUT2D eigenvalue weighted by Gasteiger charge is 2.44. The predicted molar refractivity (Wildman–Crippen MR) is 76.3 cm³/mol. The first kappa shape index (κ1) is 16.5. The third kappa shape index (κ3) is 3.46. The van der Waals surface area contributed by atoms with E-state index in [1.165, 1.54) is 0 Å². The molecule has 0 bridgehead atoms. The largest absolute Gasteiger partial charge is 0.460 e. The van der Waals surface area contributed by atoms with E-state index in [1.54, 1.807) is 24.3 Å². The fourth-order valence-corrected chi connectivity index (χ4v) is 2.08. The lowest BCUT2D eigenvalue weighted by Gasteiger charge is -2.39. The molecule has 1 aliphatic heterocycles. The van der Waals surface area contributed by atoms with Gasteiger partial charge in [-0.3, -0.25) is 0 Å². The van der Waals surface area contributed by atoms with Crippen molar-refractivity contribution in [1.82, 2.24) is 0 Å². The molecule has 22 heavy (non-hydrogen) atoms. The third-order valence-electron chi connectivity index (χ3n) is 3.21.